The van der Waals surface area contributed by atoms with Crippen molar-refractivity contribution in [2.75, 3.05) is 16.0 Å². The third-order valence-electron chi connectivity index (χ3n) is 2.88. The van der Waals surface area contributed by atoms with E-state index in [9.17, 15) is 4.79 Å². The summed E-state index contributed by atoms with van der Waals surface area (Å²) < 4.78 is 4.80. The van der Waals surface area contributed by atoms with E-state index in [0.717, 1.165) is 11.4 Å². The molecule has 3 N–H and O–H groups in total. The van der Waals surface area contributed by atoms with Crippen LogP contribution in [0.2, 0.25) is 0 Å². The van der Waals surface area contributed by atoms with Gasteiger partial charge < -0.3 is 15.2 Å². The molecule has 1 heterocycles. The van der Waals surface area contributed by atoms with E-state index >= 15 is 0 Å². The van der Waals surface area contributed by atoms with Gasteiger partial charge in [-0.2, -0.15) is 0 Å². The number of benzene rings is 2. The third kappa shape index (κ3) is 3.63. The SMILES string of the molecule is O=C(Nc1ccc(Nc2ccccc2)cc1)Nc1ccno1. The van der Waals surface area contributed by atoms with E-state index < -0.39 is 0 Å². The van der Waals surface area contributed by atoms with Crippen LogP contribution in [0.15, 0.2) is 71.4 Å². The Hall–Kier alpha value is -3.28. The molecule has 6 nitrogen and oxygen atoms in total. The van der Waals surface area contributed by atoms with Gasteiger partial charge >= 0.3 is 6.03 Å². The highest BCUT2D eigenvalue weighted by Gasteiger charge is 2.04. The Kier molecular flexibility index (Phi) is 4.01. The first kappa shape index (κ1) is 13.7. The number of carbonyl (C=O) groups is 1. The minimum atomic E-state index is -0.388. The Morgan fingerprint density at radius 3 is 2.18 bits per heavy atom. The number of aromatic nitrogens is 1. The Bertz CT molecular complexity index is 725. The summed E-state index contributed by atoms with van der Waals surface area (Å²) in [5, 5.41) is 12.0. The number of anilines is 4. The van der Waals surface area contributed by atoms with Crippen LogP contribution in [0.5, 0.6) is 0 Å². The number of nitrogens with zero attached hydrogens (tertiary/aromatic N) is 1. The van der Waals surface area contributed by atoms with Crippen LogP contribution in [0.25, 0.3) is 0 Å². The average Bonchev–Trinajstić information content (AvgIpc) is 3.03. The van der Waals surface area contributed by atoms with Gasteiger partial charge in [0.2, 0.25) is 5.88 Å². The molecule has 22 heavy (non-hydrogen) atoms. The largest absolute Gasteiger partial charge is 0.356 e. The van der Waals surface area contributed by atoms with Crippen molar-refractivity contribution in [1.29, 1.82) is 0 Å². The van der Waals surface area contributed by atoms with Crippen LogP contribution in [-0.4, -0.2) is 11.2 Å². The highest BCUT2D eigenvalue weighted by atomic mass is 16.5. The van der Waals surface area contributed by atoms with Gasteiger partial charge in [0.15, 0.2) is 0 Å². The predicted molar refractivity (Wildman–Crippen MR) is 85.3 cm³/mol. The molecule has 0 fully saturated rings. The number of hydrogen-bond donors (Lipinski definition) is 3. The molecular weight excluding hydrogens is 280 g/mol. The lowest BCUT2D eigenvalue weighted by atomic mass is 10.2. The molecule has 110 valence electrons. The standard InChI is InChI=1S/C16H14N4O2/c21-16(20-15-10-11-17-22-15)19-14-8-6-13(7-9-14)18-12-4-2-1-3-5-12/h1-11,18H,(H2,19,20,21). The Balaban J connectivity index is 1.58. The number of carbonyl (C=O) groups excluding carboxylic acids is 1. The fourth-order valence-electron chi connectivity index (χ4n) is 1.88. The predicted octanol–water partition coefficient (Wildman–Crippen LogP) is 4.06. The van der Waals surface area contributed by atoms with Crippen LogP contribution in [0.4, 0.5) is 27.7 Å². The molecule has 0 atom stereocenters. The van der Waals surface area contributed by atoms with Gasteiger partial charge in [-0.25, -0.2) is 4.79 Å². The lowest BCUT2D eigenvalue weighted by molar-refractivity contribution is 0.261. The lowest BCUT2D eigenvalue weighted by Crippen LogP contribution is -2.18. The molecule has 0 bridgehead atoms. The van der Waals surface area contributed by atoms with Crippen molar-refractivity contribution >= 4 is 29.0 Å². The van der Waals surface area contributed by atoms with Crippen LogP contribution in [0.3, 0.4) is 0 Å². The van der Waals surface area contributed by atoms with E-state index in [0.29, 0.717) is 11.6 Å². The second-order valence-corrected chi connectivity index (χ2v) is 4.52. The number of nitrogens with one attached hydrogen (secondary N) is 3. The molecule has 0 radical (unpaired) electrons. The van der Waals surface area contributed by atoms with Crippen molar-refractivity contribution in [2.45, 2.75) is 0 Å². The van der Waals surface area contributed by atoms with E-state index in [1.807, 2.05) is 54.6 Å². The highest BCUT2D eigenvalue weighted by molar-refractivity contribution is 5.98. The summed E-state index contributed by atoms with van der Waals surface area (Å²) in [5.74, 6) is 0.292. The third-order valence-corrected chi connectivity index (χ3v) is 2.88. The zero-order chi connectivity index (χ0) is 15.2. The molecule has 3 aromatic rings. The van der Waals surface area contributed by atoms with Crippen LogP contribution in [-0.2, 0) is 0 Å². The number of para-hydroxylation sites is 1. The van der Waals surface area contributed by atoms with E-state index in [4.69, 9.17) is 4.52 Å². The monoisotopic (exact) mass is 294 g/mol. The van der Waals surface area contributed by atoms with Crippen LogP contribution in [0.1, 0.15) is 0 Å². The van der Waals surface area contributed by atoms with Crippen LogP contribution < -0.4 is 16.0 Å². The summed E-state index contributed by atoms with van der Waals surface area (Å²) in [7, 11) is 0. The maximum Gasteiger partial charge on any atom is 0.326 e. The molecule has 2 amide bonds. The average molecular weight is 294 g/mol. The summed E-state index contributed by atoms with van der Waals surface area (Å²) in [5.41, 5.74) is 2.62. The first-order valence-corrected chi connectivity index (χ1v) is 6.70. The van der Waals surface area contributed by atoms with Gasteiger partial charge in [0.1, 0.15) is 0 Å². The molecule has 0 spiro atoms. The van der Waals surface area contributed by atoms with Gasteiger partial charge in [0, 0.05) is 23.1 Å². The molecule has 2 aromatic carbocycles. The maximum atomic E-state index is 11.7. The summed E-state index contributed by atoms with van der Waals surface area (Å²) in [4.78, 5) is 11.7. The van der Waals surface area contributed by atoms with Crippen molar-refractivity contribution in [3.63, 3.8) is 0 Å². The minimum Gasteiger partial charge on any atom is -0.356 e. The Labute approximate surface area is 127 Å². The van der Waals surface area contributed by atoms with Crippen molar-refractivity contribution in [3.05, 3.63) is 66.9 Å². The van der Waals surface area contributed by atoms with Gasteiger partial charge in [0.25, 0.3) is 0 Å². The number of urea groups is 1. The molecule has 0 saturated carbocycles. The molecule has 0 aliphatic carbocycles. The highest BCUT2D eigenvalue weighted by Crippen LogP contribution is 2.18. The molecule has 0 aliphatic heterocycles. The zero-order valence-corrected chi connectivity index (χ0v) is 11.6. The van der Waals surface area contributed by atoms with Gasteiger partial charge in [0.05, 0.1) is 6.20 Å². The van der Waals surface area contributed by atoms with E-state index in [2.05, 4.69) is 21.1 Å². The molecule has 0 aliphatic rings. The zero-order valence-electron chi connectivity index (χ0n) is 11.6. The van der Waals surface area contributed by atoms with Gasteiger partial charge in [-0.1, -0.05) is 23.4 Å². The Morgan fingerprint density at radius 2 is 1.50 bits per heavy atom. The second-order valence-electron chi connectivity index (χ2n) is 4.52. The van der Waals surface area contributed by atoms with Gasteiger partial charge in [-0.15, -0.1) is 0 Å². The molecule has 1 aromatic heterocycles. The molecular formula is C16H14N4O2. The van der Waals surface area contributed by atoms with Crippen molar-refractivity contribution in [1.82, 2.24) is 5.16 Å². The summed E-state index contributed by atoms with van der Waals surface area (Å²) >= 11 is 0. The van der Waals surface area contributed by atoms with Gasteiger partial charge in [-0.3, -0.25) is 5.32 Å². The lowest BCUT2D eigenvalue weighted by Gasteiger charge is -2.08. The first-order chi connectivity index (χ1) is 10.8. The van der Waals surface area contributed by atoms with Crippen LogP contribution in [0, 0.1) is 0 Å². The van der Waals surface area contributed by atoms with Crippen molar-refractivity contribution < 1.29 is 9.32 Å². The van der Waals surface area contributed by atoms with Crippen molar-refractivity contribution in [3.8, 4) is 0 Å². The summed E-state index contributed by atoms with van der Waals surface area (Å²) in [6.45, 7) is 0. The fraction of sp³-hybridized carbons (Fsp3) is 0. The van der Waals surface area contributed by atoms with E-state index in [1.54, 1.807) is 6.07 Å². The topological polar surface area (TPSA) is 79.2 Å². The first-order valence-electron chi connectivity index (χ1n) is 6.70. The maximum absolute atomic E-state index is 11.7. The minimum absolute atomic E-state index is 0.292. The Morgan fingerprint density at radius 1 is 0.818 bits per heavy atom. The summed E-state index contributed by atoms with van der Waals surface area (Å²) in [6, 6.07) is 18.4. The quantitative estimate of drug-likeness (QED) is 0.678. The van der Waals surface area contributed by atoms with E-state index in [1.165, 1.54) is 6.20 Å². The van der Waals surface area contributed by atoms with E-state index in [-0.39, 0.29) is 6.03 Å². The number of hydrogen-bond acceptors (Lipinski definition) is 4. The smallest absolute Gasteiger partial charge is 0.326 e. The van der Waals surface area contributed by atoms with Gasteiger partial charge in [-0.05, 0) is 36.4 Å². The number of amides is 2. The molecule has 3 rings (SSSR count). The van der Waals surface area contributed by atoms with Crippen molar-refractivity contribution in [2.24, 2.45) is 0 Å². The normalized spacial score (nSPS) is 10.0. The van der Waals surface area contributed by atoms with Crippen LogP contribution >= 0.6 is 0 Å². The fourth-order valence-corrected chi connectivity index (χ4v) is 1.88. The number of rotatable bonds is 4. The molecule has 0 saturated heterocycles. The second kappa shape index (κ2) is 6.45. The molecule has 0 unspecified atom stereocenters. The molecule has 6 heteroatoms. The summed E-state index contributed by atoms with van der Waals surface area (Å²) in [6.07, 6.45) is 1.46.